The quantitative estimate of drug-likeness (QED) is 0.680. The molecule has 1 atom stereocenters. The van der Waals surface area contributed by atoms with Gasteiger partial charge in [-0.3, -0.25) is 14.9 Å². The number of piperidine rings is 1. The standard InChI is InChI=1S/C21H21ClN4/c22-19-7-1-5-17(10-19)20-12-24-13-21(25-20)18-6-3-9-26(15-18)14-16-4-2-8-23-11-16/h1-2,4-5,7-8,10-13,18H,3,6,9,14-15H2/t18-/m1/s1. The van der Waals surface area contributed by atoms with E-state index in [0.717, 1.165) is 48.0 Å². The van der Waals surface area contributed by atoms with Gasteiger partial charge in [0.1, 0.15) is 0 Å². The monoisotopic (exact) mass is 364 g/mol. The van der Waals surface area contributed by atoms with E-state index in [-0.39, 0.29) is 0 Å². The molecule has 1 fully saturated rings. The summed E-state index contributed by atoms with van der Waals surface area (Å²) in [5.41, 5.74) is 4.22. The summed E-state index contributed by atoms with van der Waals surface area (Å²) in [5, 5.41) is 0.718. The molecule has 1 aliphatic heterocycles. The van der Waals surface area contributed by atoms with Gasteiger partial charge in [0, 0.05) is 48.2 Å². The third-order valence-electron chi connectivity index (χ3n) is 4.83. The fourth-order valence-corrected chi connectivity index (χ4v) is 3.75. The molecule has 0 aliphatic carbocycles. The molecule has 26 heavy (non-hydrogen) atoms. The van der Waals surface area contributed by atoms with Gasteiger partial charge in [-0.2, -0.15) is 0 Å². The van der Waals surface area contributed by atoms with Gasteiger partial charge in [-0.15, -0.1) is 0 Å². The van der Waals surface area contributed by atoms with Gasteiger partial charge >= 0.3 is 0 Å². The maximum absolute atomic E-state index is 6.12. The number of benzene rings is 1. The second-order valence-corrected chi connectivity index (χ2v) is 7.21. The minimum atomic E-state index is 0.409. The molecule has 4 rings (SSSR count). The first-order valence-corrected chi connectivity index (χ1v) is 9.35. The Hall–Kier alpha value is -2.30. The highest BCUT2D eigenvalue weighted by molar-refractivity contribution is 6.30. The normalized spacial score (nSPS) is 18.0. The van der Waals surface area contributed by atoms with Gasteiger partial charge in [-0.25, -0.2) is 4.98 Å². The van der Waals surface area contributed by atoms with Crippen molar-refractivity contribution in [2.75, 3.05) is 13.1 Å². The minimum absolute atomic E-state index is 0.409. The number of rotatable bonds is 4. The van der Waals surface area contributed by atoms with Crippen LogP contribution in [0.3, 0.4) is 0 Å². The van der Waals surface area contributed by atoms with Crippen molar-refractivity contribution in [2.45, 2.75) is 25.3 Å². The van der Waals surface area contributed by atoms with Crippen LogP contribution < -0.4 is 0 Å². The lowest BCUT2D eigenvalue weighted by atomic mass is 9.94. The molecular weight excluding hydrogens is 344 g/mol. The summed E-state index contributed by atoms with van der Waals surface area (Å²) in [7, 11) is 0. The van der Waals surface area contributed by atoms with E-state index in [1.165, 1.54) is 12.0 Å². The lowest BCUT2D eigenvalue weighted by Crippen LogP contribution is -2.34. The van der Waals surface area contributed by atoms with E-state index in [9.17, 15) is 0 Å². The van der Waals surface area contributed by atoms with E-state index in [0.29, 0.717) is 5.92 Å². The average molecular weight is 365 g/mol. The average Bonchev–Trinajstić information content (AvgIpc) is 2.69. The number of likely N-dealkylation sites (tertiary alicyclic amines) is 1. The van der Waals surface area contributed by atoms with Gasteiger partial charge < -0.3 is 0 Å². The Labute approximate surface area is 158 Å². The fourth-order valence-electron chi connectivity index (χ4n) is 3.56. The molecule has 3 heterocycles. The molecular formula is C21H21ClN4. The summed E-state index contributed by atoms with van der Waals surface area (Å²) in [6.07, 6.45) is 9.81. The molecule has 0 N–H and O–H groups in total. The van der Waals surface area contributed by atoms with Crippen LogP contribution in [0.1, 0.15) is 30.0 Å². The van der Waals surface area contributed by atoms with Crippen molar-refractivity contribution in [1.82, 2.24) is 19.9 Å². The molecule has 5 heteroatoms. The molecule has 0 amide bonds. The maximum Gasteiger partial charge on any atom is 0.0889 e. The Bertz CT molecular complexity index is 869. The lowest BCUT2D eigenvalue weighted by molar-refractivity contribution is 0.198. The van der Waals surface area contributed by atoms with E-state index in [1.54, 1.807) is 0 Å². The van der Waals surface area contributed by atoms with Gasteiger partial charge in [0.25, 0.3) is 0 Å². The van der Waals surface area contributed by atoms with Crippen molar-refractivity contribution >= 4 is 11.6 Å². The van der Waals surface area contributed by atoms with E-state index in [4.69, 9.17) is 16.6 Å². The van der Waals surface area contributed by atoms with Gasteiger partial charge in [-0.1, -0.05) is 29.8 Å². The second-order valence-electron chi connectivity index (χ2n) is 6.78. The number of hydrogen-bond acceptors (Lipinski definition) is 4. The molecule has 1 aliphatic rings. The predicted octanol–water partition coefficient (Wildman–Crippen LogP) is 4.57. The number of pyridine rings is 1. The molecule has 3 aromatic rings. The SMILES string of the molecule is Clc1cccc(-c2cncc([C@@H]3CCCN(Cc4cccnc4)C3)n2)c1. The lowest BCUT2D eigenvalue weighted by Gasteiger charge is -2.32. The van der Waals surface area contributed by atoms with Crippen molar-refractivity contribution in [3.63, 3.8) is 0 Å². The molecule has 0 spiro atoms. The Morgan fingerprint density at radius 3 is 2.88 bits per heavy atom. The van der Waals surface area contributed by atoms with Crippen molar-refractivity contribution in [1.29, 1.82) is 0 Å². The molecule has 0 saturated carbocycles. The highest BCUT2D eigenvalue weighted by atomic mass is 35.5. The van der Waals surface area contributed by atoms with Crippen molar-refractivity contribution in [2.24, 2.45) is 0 Å². The van der Waals surface area contributed by atoms with Crippen LogP contribution in [0.4, 0.5) is 0 Å². The van der Waals surface area contributed by atoms with Crippen molar-refractivity contribution in [3.8, 4) is 11.3 Å². The first kappa shape index (κ1) is 17.1. The topological polar surface area (TPSA) is 41.9 Å². The summed E-state index contributed by atoms with van der Waals surface area (Å²) < 4.78 is 0. The highest BCUT2D eigenvalue weighted by Crippen LogP contribution is 2.28. The zero-order chi connectivity index (χ0) is 17.8. The molecule has 2 aromatic heterocycles. The Kier molecular flexibility index (Phi) is 5.23. The summed E-state index contributed by atoms with van der Waals surface area (Å²) >= 11 is 6.12. The van der Waals surface area contributed by atoms with E-state index < -0.39 is 0 Å². The van der Waals surface area contributed by atoms with Gasteiger partial charge in [0.05, 0.1) is 17.6 Å². The summed E-state index contributed by atoms with van der Waals surface area (Å²) in [5.74, 6) is 0.409. The summed E-state index contributed by atoms with van der Waals surface area (Å²) in [4.78, 5) is 16.0. The van der Waals surface area contributed by atoms with Gasteiger partial charge in [-0.05, 0) is 43.1 Å². The Balaban J connectivity index is 1.51. The van der Waals surface area contributed by atoms with Crippen LogP contribution in [0.25, 0.3) is 11.3 Å². The van der Waals surface area contributed by atoms with Crippen LogP contribution >= 0.6 is 11.6 Å². The molecule has 0 radical (unpaired) electrons. The van der Waals surface area contributed by atoms with E-state index in [1.807, 2.05) is 55.1 Å². The second kappa shape index (κ2) is 7.94. The van der Waals surface area contributed by atoms with Crippen LogP contribution in [0.15, 0.2) is 61.2 Å². The largest absolute Gasteiger partial charge is 0.298 e. The number of aromatic nitrogens is 3. The van der Waals surface area contributed by atoms with Crippen LogP contribution in [0.2, 0.25) is 5.02 Å². The zero-order valence-electron chi connectivity index (χ0n) is 14.6. The van der Waals surface area contributed by atoms with Crippen molar-refractivity contribution in [3.05, 3.63) is 77.5 Å². The van der Waals surface area contributed by atoms with Crippen molar-refractivity contribution < 1.29 is 0 Å². The zero-order valence-corrected chi connectivity index (χ0v) is 15.3. The maximum atomic E-state index is 6.12. The number of nitrogens with zero attached hydrogens (tertiary/aromatic N) is 4. The Morgan fingerprint density at radius 2 is 2.04 bits per heavy atom. The minimum Gasteiger partial charge on any atom is -0.298 e. The van der Waals surface area contributed by atoms with Gasteiger partial charge in [0.15, 0.2) is 0 Å². The summed E-state index contributed by atoms with van der Waals surface area (Å²) in [6, 6.07) is 11.9. The molecule has 4 nitrogen and oxygen atoms in total. The van der Waals surface area contributed by atoms with Crippen LogP contribution in [-0.4, -0.2) is 32.9 Å². The van der Waals surface area contributed by atoms with Crippen LogP contribution in [0.5, 0.6) is 0 Å². The number of hydrogen-bond donors (Lipinski definition) is 0. The van der Waals surface area contributed by atoms with Crippen LogP contribution in [-0.2, 0) is 6.54 Å². The third kappa shape index (κ3) is 4.09. The third-order valence-corrected chi connectivity index (χ3v) is 5.06. The Morgan fingerprint density at radius 1 is 1.08 bits per heavy atom. The smallest absolute Gasteiger partial charge is 0.0889 e. The molecule has 1 aromatic carbocycles. The van der Waals surface area contributed by atoms with Crippen LogP contribution in [0, 0.1) is 0 Å². The first-order chi connectivity index (χ1) is 12.8. The molecule has 0 unspecified atom stereocenters. The molecule has 132 valence electrons. The number of halogens is 1. The summed E-state index contributed by atoms with van der Waals surface area (Å²) in [6.45, 7) is 3.06. The molecule has 0 bridgehead atoms. The van der Waals surface area contributed by atoms with E-state index >= 15 is 0 Å². The van der Waals surface area contributed by atoms with E-state index in [2.05, 4.69) is 20.9 Å². The highest BCUT2D eigenvalue weighted by Gasteiger charge is 2.23. The first-order valence-electron chi connectivity index (χ1n) is 8.97. The fraction of sp³-hybridized carbons (Fsp3) is 0.286. The van der Waals surface area contributed by atoms with Gasteiger partial charge in [0.2, 0.25) is 0 Å². The molecule has 1 saturated heterocycles. The predicted molar refractivity (Wildman–Crippen MR) is 104 cm³/mol.